The van der Waals surface area contributed by atoms with Gasteiger partial charge in [0, 0.05) is 47.8 Å². The Morgan fingerprint density at radius 3 is 2.56 bits per heavy atom. The van der Waals surface area contributed by atoms with Crippen molar-refractivity contribution in [3.8, 4) is 0 Å². The number of fused-ring (bicyclic) bond motifs is 1. The molecule has 1 atom stereocenters. The molecule has 7 nitrogen and oxygen atoms in total. The summed E-state index contributed by atoms with van der Waals surface area (Å²) in [6.45, 7) is 3.47. The Labute approximate surface area is 241 Å². The molecule has 41 heavy (non-hydrogen) atoms. The number of amidine groups is 1. The first-order valence-corrected chi connectivity index (χ1v) is 14.7. The van der Waals surface area contributed by atoms with Gasteiger partial charge in [0.05, 0.1) is 16.1 Å². The van der Waals surface area contributed by atoms with Gasteiger partial charge >= 0.3 is 6.18 Å². The van der Waals surface area contributed by atoms with E-state index in [1.54, 1.807) is 22.3 Å². The summed E-state index contributed by atoms with van der Waals surface area (Å²) in [5, 5.41) is 8.37. The lowest BCUT2D eigenvalue weighted by Gasteiger charge is -2.29. The molecule has 2 aromatic carbocycles. The summed E-state index contributed by atoms with van der Waals surface area (Å²) < 4.78 is 42.4. The number of nitrogens with one attached hydrogen (secondary N) is 2. The molecule has 1 saturated heterocycles. The number of benzene rings is 2. The number of halogens is 3. The first-order valence-electron chi connectivity index (χ1n) is 13.8. The fourth-order valence-electron chi connectivity index (χ4n) is 5.46. The standard InChI is InChI=1S/C30H33F3N6OS/c1-18-4-6-21(15-26(18)39-17-34-28(35-20-7-8-20)27-25(39)11-13-41-27)36-29(40)19-5-9-24(23(14-19)30(31,32)33)38-12-10-22(16-38)37(2)3/h4-6,9,11,13-15,20,22H,7-8,10,12,16-17H2,1-3H3,(H,34,35)(H,36,40)/t22-/m1/s1. The smallest absolute Gasteiger partial charge is 0.369 e. The Morgan fingerprint density at radius 1 is 1.05 bits per heavy atom. The number of anilines is 4. The van der Waals surface area contributed by atoms with Crippen molar-refractivity contribution in [3.63, 3.8) is 0 Å². The van der Waals surface area contributed by atoms with Crippen LogP contribution >= 0.6 is 11.3 Å². The normalized spacial score (nSPS) is 18.9. The summed E-state index contributed by atoms with van der Waals surface area (Å²) >= 11 is 1.63. The Hall–Kier alpha value is -3.57. The van der Waals surface area contributed by atoms with Gasteiger partial charge in [-0.1, -0.05) is 6.07 Å². The predicted octanol–water partition coefficient (Wildman–Crippen LogP) is 6.08. The van der Waals surface area contributed by atoms with Crippen molar-refractivity contribution < 1.29 is 18.0 Å². The molecule has 3 aromatic rings. The number of rotatable bonds is 6. The molecule has 2 N–H and O–H groups in total. The largest absolute Gasteiger partial charge is 0.418 e. The molecular formula is C30H33F3N6OS. The molecule has 3 heterocycles. The molecule has 1 aromatic heterocycles. The maximum atomic E-state index is 14.1. The number of likely N-dealkylation sites (N-methyl/N-ethyl adjacent to an activating group) is 1. The lowest BCUT2D eigenvalue weighted by molar-refractivity contribution is -0.137. The summed E-state index contributed by atoms with van der Waals surface area (Å²) in [7, 11) is 3.87. The van der Waals surface area contributed by atoms with E-state index in [0.717, 1.165) is 53.0 Å². The number of carbonyl (C=O) groups is 1. The van der Waals surface area contributed by atoms with Crippen LogP contribution in [0.5, 0.6) is 0 Å². The Kier molecular flexibility index (Phi) is 7.19. The van der Waals surface area contributed by atoms with E-state index >= 15 is 0 Å². The van der Waals surface area contributed by atoms with Gasteiger partial charge in [-0.15, -0.1) is 11.3 Å². The number of thiophene rings is 1. The van der Waals surface area contributed by atoms with Crippen molar-refractivity contribution >= 4 is 45.8 Å². The van der Waals surface area contributed by atoms with Crippen LogP contribution in [0.25, 0.3) is 0 Å². The highest BCUT2D eigenvalue weighted by atomic mass is 32.1. The van der Waals surface area contributed by atoms with Crippen LogP contribution in [0, 0.1) is 6.92 Å². The minimum atomic E-state index is -4.58. The van der Waals surface area contributed by atoms with Gasteiger partial charge in [0.15, 0.2) is 0 Å². The van der Waals surface area contributed by atoms with Gasteiger partial charge in [-0.3, -0.25) is 4.79 Å². The Bertz CT molecular complexity index is 1500. The van der Waals surface area contributed by atoms with Gasteiger partial charge < -0.3 is 25.3 Å². The molecule has 0 spiro atoms. The van der Waals surface area contributed by atoms with Gasteiger partial charge in [-0.2, -0.15) is 13.2 Å². The van der Waals surface area contributed by atoms with Crippen molar-refractivity contribution in [2.45, 2.75) is 44.4 Å². The molecule has 3 aliphatic rings. The third kappa shape index (κ3) is 5.65. The van der Waals surface area contributed by atoms with Gasteiger partial charge in [-0.25, -0.2) is 4.99 Å². The third-order valence-corrected chi connectivity index (χ3v) is 8.91. The number of aryl methyl sites for hydroxylation is 1. The fourth-order valence-corrected chi connectivity index (χ4v) is 6.33. The monoisotopic (exact) mass is 582 g/mol. The van der Waals surface area contributed by atoms with Gasteiger partial charge in [0.1, 0.15) is 12.5 Å². The molecule has 216 valence electrons. The van der Waals surface area contributed by atoms with E-state index in [1.807, 2.05) is 43.4 Å². The van der Waals surface area contributed by atoms with Crippen LogP contribution in [0.15, 0.2) is 52.8 Å². The van der Waals surface area contributed by atoms with Crippen molar-refractivity contribution in [1.82, 2.24) is 10.2 Å². The van der Waals surface area contributed by atoms with Crippen molar-refractivity contribution in [1.29, 1.82) is 0 Å². The molecule has 1 aliphatic carbocycles. The summed E-state index contributed by atoms with van der Waals surface area (Å²) in [5.74, 6) is 0.333. The third-order valence-electron chi connectivity index (χ3n) is 8.00. The Morgan fingerprint density at radius 2 is 1.85 bits per heavy atom. The predicted molar refractivity (Wildman–Crippen MR) is 159 cm³/mol. The number of hydrogen-bond acceptors (Lipinski definition) is 7. The molecule has 0 radical (unpaired) electrons. The number of aliphatic imine (C=N–C) groups is 1. The highest BCUT2D eigenvalue weighted by Crippen LogP contribution is 2.40. The molecule has 0 bridgehead atoms. The number of amides is 1. The summed E-state index contributed by atoms with van der Waals surface area (Å²) in [4.78, 5) is 25.0. The van der Waals surface area contributed by atoms with E-state index in [0.29, 0.717) is 31.5 Å². The summed E-state index contributed by atoms with van der Waals surface area (Å²) in [6.07, 6.45) is -1.48. The molecule has 1 amide bonds. The van der Waals surface area contributed by atoms with E-state index in [-0.39, 0.29) is 17.3 Å². The van der Waals surface area contributed by atoms with Crippen LogP contribution in [0.2, 0.25) is 0 Å². The van der Waals surface area contributed by atoms with Gasteiger partial charge in [0.25, 0.3) is 5.91 Å². The zero-order chi connectivity index (χ0) is 28.9. The van der Waals surface area contributed by atoms with E-state index in [4.69, 9.17) is 4.99 Å². The minimum absolute atomic E-state index is 0.0370. The van der Waals surface area contributed by atoms with Crippen molar-refractivity contribution in [2.24, 2.45) is 4.99 Å². The van der Waals surface area contributed by atoms with E-state index in [9.17, 15) is 18.0 Å². The maximum Gasteiger partial charge on any atom is 0.418 e. The molecule has 11 heteroatoms. The van der Waals surface area contributed by atoms with Crippen molar-refractivity contribution in [2.75, 3.05) is 49.0 Å². The second-order valence-electron chi connectivity index (χ2n) is 11.2. The summed E-state index contributed by atoms with van der Waals surface area (Å²) in [5.41, 5.74) is 2.72. The van der Waals surface area contributed by atoms with Crippen LogP contribution in [0.3, 0.4) is 0 Å². The molecule has 6 rings (SSSR count). The van der Waals surface area contributed by atoms with Crippen LogP contribution in [-0.4, -0.2) is 62.6 Å². The number of nitrogens with zero attached hydrogens (tertiary/aromatic N) is 4. The number of carbonyl (C=O) groups excluding carboxylic acids is 1. The average Bonchev–Trinajstić information content (AvgIpc) is 3.38. The highest BCUT2D eigenvalue weighted by Gasteiger charge is 2.37. The van der Waals surface area contributed by atoms with E-state index < -0.39 is 17.6 Å². The molecule has 0 unspecified atom stereocenters. The molecule has 1 saturated carbocycles. The molecule has 2 fully saturated rings. The van der Waals surface area contributed by atoms with E-state index in [1.165, 1.54) is 12.1 Å². The zero-order valence-corrected chi connectivity index (χ0v) is 24.1. The topological polar surface area (TPSA) is 63.2 Å². The van der Waals surface area contributed by atoms with Crippen LogP contribution in [0.1, 0.15) is 45.6 Å². The second-order valence-corrected chi connectivity index (χ2v) is 12.1. The molecule has 2 aliphatic heterocycles. The lowest BCUT2D eigenvalue weighted by atomic mass is 10.1. The van der Waals surface area contributed by atoms with Crippen LogP contribution in [0.4, 0.5) is 35.9 Å². The van der Waals surface area contributed by atoms with Crippen LogP contribution < -0.4 is 20.4 Å². The second kappa shape index (κ2) is 10.7. The van der Waals surface area contributed by atoms with Gasteiger partial charge in [-0.05, 0) is 87.6 Å². The molecular weight excluding hydrogens is 549 g/mol. The summed E-state index contributed by atoms with van der Waals surface area (Å²) in [6, 6.07) is 12.1. The van der Waals surface area contributed by atoms with Crippen molar-refractivity contribution in [3.05, 3.63) is 69.4 Å². The first kappa shape index (κ1) is 27.6. The maximum absolute atomic E-state index is 14.1. The lowest BCUT2D eigenvalue weighted by Crippen LogP contribution is -2.33. The SMILES string of the molecule is Cc1ccc(NC(=O)c2ccc(N3CC[C@@H](N(C)C)C3)c(C(F)(F)F)c2)cc1N1CN=C(NC2CC2)c2sccc21. The Balaban J connectivity index is 1.23. The van der Waals surface area contributed by atoms with Crippen LogP contribution in [-0.2, 0) is 6.18 Å². The highest BCUT2D eigenvalue weighted by molar-refractivity contribution is 7.12. The average molecular weight is 583 g/mol. The number of alkyl halides is 3. The zero-order valence-electron chi connectivity index (χ0n) is 23.3. The quantitative estimate of drug-likeness (QED) is 0.369. The van der Waals surface area contributed by atoms with E-state index in [2.05, 4.69) is 21.6 Å². The minimum Gasteiger partial charge on any atom is -0.369 e. The fraction of sp³-hybridized carbons (Fsp3) is 0.400. The van der Waals surface area contributed by atoms with Gasteiger partial charge in [0.2, 0.25) is 0 Å². The first-order chi connectivity index (χ1) is 19.6. The number of hydrogen-bond donors (Lipinski definition) is 2.